The number of halogens is 3. The van der Waals surface area contributed by atoms with Gasteiger partial charge in [0.15, 0.2) is 0 Å². The van der Waals surface area contributed by atoms with Crippen molar-refractivity contribution in [3.8, 4) is 5.75 Å². The van der Waals surface area contributed by atoms with Gasteiger partial charge < -0.3 is 9.84 Å². The summed E-state index contributed by atoms with van der Waals surface area (Å²) in [6.07, 6.45) is -5.31. The SMILES string of the molecule is COc1cccc(C(F)(F)F)c1CC(=O)O. The van der Waals surface area contributed by atoms with Crippen LogP contribution in [0.1, 0.15) is 11.1 Å². The lowest BCUT2D eigenvalue weighted by Gasteiger charge is -2.14. The maximum atomic E-state index is 12.6. The molecule has 1 aromatic carbocycles. The molecule has 0 saturated heterocycles. The van der Waals surface area contributed by atoms with Crippen molar-refractivity contribution in [2.24, 2.45) is 0 Å². The van der Waals surface area contributed by atoms with Gasteiger partial charge in [0.25, 0.3) is 0 Å². The van der Waals surface area contributed by atoms with Gasteiger partial charge in [-0.3, -0.25) is 4.79 Å². The summed E-state index contributed by atoms with van der Waals surface area (Å²) >= 11 is 0. The molecule has 0 amide bonds. The molecular formula is C10H9F3O3. The quantitative estimate of drug-likeness (QED) is 0.873. The van der Waals surface area contributed by atoms with Gasteiger partial charge in [0.05, 0.1) is 19.1 Å². The molecule has 1 N–H and O–H groups in total. The Morgan fingerprint density at radius 2 is 2.06 bits per heavy atom. The third kappa shape index (κ3) is 2.65. The lowest BCUT2D eigenvalue weighted by atomic mass is 10.0. The summed E-state index contributed by atoms with van der Waals surface area (Å²) in [6, 6.07) is 3.31. The molecule has 0 aliphatic carbocycles. The summed E-state index contributed by atoms with van der Waals surface area (Å²) in [5, 5.41) is 8.55. The van der Waals surface area contributed by atoms with Crippen molar-refractivity contribution in [1.29, 1.82) is 0 Å². The van der Waals surface area contributed by atoms with Crippen molar-refractivity contribution in [3.05, 3.63) is 29.3 Å². The Balaban J connectivity index is 3.31. The van der Waals surface area contributed by atoms with Crippen LogP contribution in [-0.2, 0) is 17.4 Å². The minimum Gasteiger partial charge on any atom is -0.496 e. The highest BCUT2D eigenvalue weighted by Gasteiger charge is 2.34. The van der Waals surface area contributed by atoms with E-state index in [0.717, 1.165) is 6.07 Å². The van der Waals surface area contributed by atoms with Crippen molar-refractivity contribution in [2.45, 2.75) is 12.6 Å². The summed E-state index contributed by atoms with van der Waals surface area (Å²) in [7, 11) is 1.20. The van der Waals surface area contributed by atoms with Crippen LogP contribution in [0.15, 0.2) is 18.2 Å². The molecule has 3 nitrogen and oxygen atoms in total. The number of rotatable bonds is 3. The molecule has 0 saturated carbocycles. The van der Waals surface area contributed by atoms with Crippen LogP contribution in [0.4, 0.5) is 13.2 Å². The Kier molecular flexibility index (Phi) is 3.41. The number of aliphatic carboxylic acids is 1. The Bertz CT molecular complexity index is 399. The van der Waals surface area contributed by atoms with Crippen molar-refractivity contribution in [2.75, 3.05) is 7.11 Å². The fraction of sp³-hybridized carbons (Fsp3) is 0.300. The molecule has 0 aromatic heterocycles. The van der Waals surface area contributed by atoms with E-state index in [-0.39, 0.29) is 11.3 Å². The largest absolute Gasteiger partial charge is 0.496 e. The minimum absolute atomic E-state index is 0.0720. The third-order valence-corrected chi connectivity index (χ3v) is 1.99. The molecular weight excluding hydrogens is 225 g/mol. The van der Waals surface area contributed by atoms with Crippen LogP contribution in [0.5, 0.6) is 5.75 Å². The van der Waals surface area contributed by atoms with Gasteiger partial charge in [0.1, 0.15) is 5.75 Å². The van der Waals surface area contributed by atoms with Crippen LogP contribution in [0.25, 0.3) is 0 Å². The number of hydrogen-bond donors (Lipinski definition) is 1. The van der Waals surface area contributed by atoms with Crippen LogP contribution in [0.3, 0.4) is 0 Å². The molecule has 0 bridgehead atoms. The van der Waals surface area contributed by atoms with Gasteiger partial charge in [-0.15, -0.1) is 0 Å². The molecule has 0 unspecified atom stereocenters. The first-order valence-corrected chi connectivity index (χ1v) is 4.31. The summed E-state index contributed by atoms with van der Waals surface area (Å²) < 4.78 is 42.4. The molecule has 0 aliphatic heterocycles. The van der Waals surface area contributed by atoms with Crippen LogP contribution >= 0.6 is 0 Å². The molecule has 1 aromatic rings. The second kappa shape index (κ2) is 4.42. The third-order valence-electron chi connectivity index (χ3n) is 1.99. The molecule has 0 spiro atoms. The van der Waals surface area contributed by atoms with E-state index >= 15 is 0 Å². The molecule has 16 heavy (non-hydrogen) atoms. The van der Waals surface area contributed by atoms with Crippen LogP contribution < -0.4 is 4.74 Å². The van der Waals surface area contributed by atoms with Gasteiger partial charge in [0, 0.05) is 5.56 Å². The molecule has 0 atom stereocenters. The standard InChI is InChI=1S/C10H9F3O3/c1-16-8-4-2-3-7(10(11,12)13)6(8)5-9(14)15/h2-4H,5H2,1H3,(H,14,15). The number of ether oxygens (including phenoxy) is 1. The number of carboxylic acids is 1. The van der Waals surface area contributed by atoms with Crippen molar-refractivity contribution >= 4 is 5.97 Å². The van der Waals surface area contributed by atoms with Crippen LogP contribution in [-0.4, -0.2) is 18.2 Å². The molecule has 0 fully saturated rings. The zero-order chi connectivity index (χ0) is 12.3. The Morgan fingerprint density at radius 1 is 1.44 bits per heavy atom. The Morgan fingerprint density at radius 3 is 2.50 bits per heavy atom. The van der Waals surface area contributed by atoms with E-state index in [0.29, 0.717) is 0 Å². The summed E-state index contributed by atoms with van der Waals surface area (Å²) in [6.45, 7) is 0. The van der Waals surface area contributed by atoms with Crippen LogP contribution in [0.2, 0.25) is 0 Å². The normalized spacial score (nSPS) is 11.2. The first-order valence-electron chi connectivity index (χ1n) is 4.31. The van der Waals surface area contributed by atoms with E-state index in [1.807, 2.05) is 0 Å². The Hall–Kier alpha value is -1.72. The average molecular weight is 234 g/mol. The number of alkyl halides is 3. The lowest BCUT2D eigenvalue weighted by Crippen LogP contribution is -2.13. The number of carbonyl (C=O) groups is 1. The molecule has 0 radical (unpaired) electrons. The molecule has 0 heterocycles. The van der Waals surface area contributed by atoms with Gasteiger partial charge in [-0.2, -0.15) is 13.2 Å². The smallest absolute Gasteiger partial charge is 0.416 e. The van der Waals surface area contributed by atoms with E-state index in [2.05, 4.69) is 0 Å². The Labute approximate surface area is 89.5 Å². The molecule has 0 aliphatic rings. The van der Waals surface area contributed by atoms with Crippen LogP contribution in [0, 0.1) is 0 Å². The fourth-order valence-corrected chi connectivity index (χ4v) is 1.36. The van der Waals surface area contributed by atoms with Gasteiger partial charge in [-0.05, 0) is 12.1 Å². The predicted octanol–water partition coefficient (Wildman–Crippen LogP) is 2.34. The number of methoxy groups -OCH3 is 1. The van der Waals surface area contributed by atoms with E-state index in [4.69, 9.17) is 9.84 Å². The first kappa shape index (κ1) is 12.4. The lowest BCUT2D eigenvalue weighted by molar-refractivity contribution is -0.139. The summed E-state index contributed by atoms with van der Waals surface area (Å²) in [4.78, 5) is 10.5. The maximum absolute atomic E-state index is 12.6. The number of hydrogen-bond acceptors (Lipinski definition) is 2. The second-order valence-corrected chi connectivity index (χ2v) is 3.05. The van der Waals surface area contributed by atoms with Gasteiger partial charge >= 0.3 is 12.1 Å². The molecule has 88 valence electrons. The van der Waals surface area contributed by atoms with Gasteiger partial charge in [0.2, 0.25) is 0 Å². The maximum Gasteiger partial charge on any atom is 0.416 e. The van der Waals surface area contributed by atoms with Gasteiger partial charge in [-0.25, -0.2) is 0 Å². The highest BCUT2D eigenvalue weighted by Crippen LogP contribution is 2.36. The van der Waals surface area contributed by atoms with E-state index in [1.165, 1.54) is 19.2 Å². The van der Waals surface area contributed by atoms with E-state index in [9.17, 15) is 18.0 Å². The average Bonchev–Trinajstić information content (AvgIpc) is 2.15. The zero-order valence-electron chi connectivity index (χ0n) is 8.34. The van der Waals surface area contributed by atoms with Crippen molar-refractivity contribution in [3.63, 3.8) is 0 Å². The topological polar surface area (TPSA) is 46.5 Å². The van der Waals surface area contributed by atoms with Gasteiger partial charge in [-0.1, -0.05) is 6.07 Å². The van der Waals surface area contributed by atoms with Crippen molar-refractivity contribution in [1.82, 2.24) is 0 Å². The van der Waals surface area contributed by atoms with E-state index < -0.39 is 24.1 Å². The summed E-state index contributed by atoms with van der Waals surface area (Å²) in [5.74, 6) is -1.41. The highest BCUT2D eigenvalue weighted by molar-refractivity contribution is 5.72. The minimum atomic E-state index is -4.58. The molecule has 6 heteroatoms. The predicted molar refractivity (Wildman–Crippen MR) is 49.3 cm³/mol. The number of carboxylic acid groups (broad SMARTS) is 1. The van der Waals surface area contributed by atoms with Crippen molar-refractivity contribution < 1.29 is 27.8 Å². The fourth-order valence-electron chi connectivity index (χ4n) is 1.36. The highest BCUT2D eigenvalue weighted by atomic mass is 19.4. The monoisotopic (exact) mass is 234 g/mol. The number of benzene rings is 1. The molecule has 1 rings (SSSR count). The second-order valence-electron chi connectivity index (χ2n) is 3.05. The first-order chi connectivity index (χ1) is 7.36. The van der Waals surface area contributed by atoms with E-state index in [1.54, 1.807) is 0 Å². The summed E-state index contributed by atoms with van der Waals surface area (Å²) in [5.41, 5.74) is -1.33. The zero-order valence-corrected chi connectivity index (χ0v) is 8.34.